The number of nitrogens with zero attached hydrogens (tertiary/aromatic N) is 1. The van der Waals surface area contributed by atoms with Gasteiger partial charge in [0.05, 0.1) is 5.69 Å². The Kier molecular flexibility index (Phi) is 2.16. The Labute approximate surface area is 58.6 Å². The molecule has 3 heteroatoms. The van der Waals surface area contributed by atoms with Crippen LogP contribution in [0.1, 0.15) is 17.9 Å². The van der Waals surface area contributed by atoms with Crippen LogP contribution in [0.5, 0.6) is 0 Å². The number of hydrogen-bond donors (Lipinski definition) is 0. The third-order valence-electron chi connectivity index (χ3n) is 1.23. The molecule has 0 aromatic carbocycles. The molecule has 0 spiro atoms. The van der Waals surface area contributed by atoms with Crippen LogP contribution in [0.3, 0.4) is 0 Å². The normalized spacial score (nSPS) is 13.6. The van der Waals surface area contributed by atoms with Crippen LogP contribution in [0.2, 0.25) is 0 Å². The maximum Gasteiger partial charge on any atom is 0.124 e. The molecule has 0 saturated heterocycles. The van der Waals surface area contributed by atoms with E-state index in [9.17, 15) is 0 Å². The van der Waals surface area contributed by atoms with Crippen LogP contribution in [0, 0.1) is 0 Å². The van der Waals surface area contributed by atoms with Gasteiger partial charge in [0.2, 0.25) is 0 Å². The molecule has 0 N–H and O–H groups in total. The number of hydrogen-bond acceptors (Lipinski definition) is 3. The van der Waals surface area contributed by atoms with E-state index in [-0.39, 0.29) is 0 Å². The average Bonchev–Trinajstić information content (AvgIpc) is 2.37. The summed E-state index contributed by atoms with van der Waals surface area (Å²) >= 11 is 1.76. The van der Waals surface area contributed by atoms with Gasteiger partial charge in [-0.2, -0.15) is 11.8 Å². The second kappa shape index (κ2) is 2.92. The number of thioether (sulfide) groups is 1. The molecule has 1 aromatic heterocycles. The molecule has 50 valence electrons. The van der Waals surface area contributed by atoms with Crippen LogP contribution in [-0.2, 0) is 0 Å². The number of aromatic nitrogens is 1. The standard InChI is InChI=1S/C6H9NOS/c1-5(9-2)6-3-4-8-7-6/h3-5H,1-2H3. The van der Waals surface area contributed by atoms with Gasteiger partial charge in [0.15, 0.2) is 0 Å². The lowest BCUT2D eigenvalue weighted by molar-refractivity contribution is 0.412. The molecule has 1 heterocycles. The maximum atomic E-state index is 4.67. The summed E-state index contributed by atoms with van der Waals surface area (Å²) in [6, 6.07) is 1.89. The minimum absolute atomic E-state index is 0.448. The van der Waals surface area contributed by atoms with Gasteiger partial charge >= 0.3 is 0 Å². The van der Waals surface area contributed by atoms with E-state index in [1.54, 1.807) is 18.0 Å². The predicted molar refractivity (Wildman–Crippen MR) is 38.4 cm³/mol. The Morgan fingerprint density at radius 2 is 2.56 bits per heavy atom. The largest absolute Gasteiger partial charge is 0.364 e. The molecule has 0 fully saturated rings. The highest BCUT2D eigenvalue weighted by Crippen LogP contribution is 2.22. The first-order valence-electron chi connectivity index (χ1n) is 2.77. The highest BCUT2D eigenvalue weighted by molar-refractivity contribution is 7.98. The van der Waals surface area contributed by atoms with Crippen LogP contribution < -0.4 is 0 Å². The Bertz CT molecular complexity index is 162. The van der Waals surface area contributed by atoms with Crippen molar-refractivity contribution in [2.24, 2.45) is 0 Å². The first kappa shape index (κ1) is 6.68. The summed E-state index contributed by atoms with van der Waals surface area (Å²) in [5.74, 6) is 0. The Balaban J connectivity index is 2.65. The van der Waals surface area contributed by atoms with Crippen LogP contribution in [-0.4, -0.2) is 11.4 Å². The van der Waals surface area contributed by atoms with E-state index in [2.05, 4.69) is 22.9 Å². The SMILES string of the molecule is CSC(C)c1ccon1. The fourth-order valence-electron chi connectivity index (χ4n) is 0.552. The monoisotopic (exact) mass is 143 g/mol. The molecule has 1 aromatic rings. The lowest BCUT2D eigenvalue weighted by Crippen LogP contribution is -1.84. The molecule has 1 atom stereocenters. The minimum atomic E-state index is 0.448. The Morgan fingerprint density at radius 3 is 3.00 bits per heavy atom. The highest BCUT2D eigenvalue weighted by Gasteiger charge is 2.04. The van der Waals surface area contributed by atoms with E-state index in [1.807, 2.05) is 6.07 Å². The van der Waals surface area contributed by atoms with Gasteiger partial charge < -0.3 is 4.52 Å². The van der Waals surface area contributed by atoms with E-state index in [4.69, 9.17) is 0 Å². The molecule has 0 aliphatic heterocycles. The molecule has 1 rings (SSSR count). The van der Waals surface area contributed by atoms with Crippen molar-refractivity contribution in [2.75, 3.05) is 6.26 Å². The van der Waals surface area contributed by atoms with Crippen LogP contribution in [0.15, 0.2) is 16.9 Å². The van der Waals surface area contributed by atoms with E-state index in [0.717, 1.165) is 5.69 Å². The van der Waals surface area contributed by atoms with Crippen LogP contribution >= 0.6 is 11.8 Å². The minimum Gasteiger partial charge on any atom is -0.364 e. The summed E-state index contributed by atoms with van der Waals surface area (Å²) in [7, 11) is 0. The zero-order valence-corrected chi connectivity index (χ0v) is 6.31. The van der Waals surface area contributed by atoms with Gasteiger partial charge in [-0.25, -0.2) is 0 Å². The first-order valence-corrected chi connectivity index (χ1v) is 4.06. The van der Waals surface area contributed by atoms with Gasteiger partial charge in [-0.3, -0.25) is 0 Å². The van der Waals surface area contributed by atoms with Gasteiger partial charge in [-0.15, -0.1) is 0 Å². The van der Waals surface area contributed by atoms with E-state index in [0.29, 0.717) is 5.25 Å². The smallest absolute Gasteiger partial charge is 0.124 e. The van der Waals surface area contributed by atoms with Crippen LogP contribution in [0.4, 0.5) is 0 Å². The summed E-state index contributed by atoms with van der Waals surface area (Å²) in [4.78, 5) is 0. The molecule has 0 radical (unpaired) electrons. The third kappa shape index (κ3) is 1.48. The van der Waals surface area contributed by atoms with Gasteiger partial charge in [-0.1, -0.05) is 5.16 Å². The van der Waals surface area contributed by atoms with Crippen molar-refractivity contribution in [1.29, 1.82) is 0 Å². The molecular formula is C6H9NOS. The topological polar surface area (TPSA) is 26.0 Å². The van der Waals surface area contributed by atoms with E-state index < -0.39 is 0 Å². The van der Waals surface area contributed by atoms with Crippen molar-refractivity contribution < 1.29 is 4.52 Å². The Morgan fingerprint density at radius 1 is 1.78 bits per heavy atom. The third-order valence-corrected chi connectivity index (χ3v) is 2.18. The first-order chi connectivity index (χ1) is 4.34. The van der Waals surface area contributed by atoms with Crippen molar-refractivity contribution >= 4 is 11.8 Å². The summed E-state index contributed by atoms with van der Waals surface area (Å²) in [5.41, 5.74) is 1.02. The lowest BCUT2D eigenvalue weighted by Gasteiger charge is -1.99. The van der Waals surface area contributed by atoms with Gasteiger partial charge in [0.25, 0.3) is 0 Å². The molecule has 1 unspecified atom stereocenters. The zero-order valence-electron chi connectivity index (χ0n) is 5.50. The summed E-state index contributed by atoms with van der Waals surface area (Å²) < 4.78 is 4.67. The lowest BCUT2D eigenvalue weighted by atomic mass is 10.3. The van der Waals surface area contributed by atoms with E-state index >= 15 is 0 Å². The predicted octanol–water partition coefficient (Wildman–Crippen LogP) is 2.10. The molecule has 0 bridgehead atoms. The molecule has 0 aliphatic rings. The fourth-order valence-corrected chi connectivity index (χ4v) is 0.915. The molecule has 0 amide bonds. The quantitative estimate of drug-likeness (QED) is 0.634. The van der Waals surface area contributed by atoms with Crippen molar-refractivity contribution in [3.05, 3.63) is 18.0 Å². The van der Waals surface area contributed by atoms with Crippen molar-refractivity contribution in [2.45, 2.75) is 12.2 Å². The average molecular weight is 143 g/mol. The maximum absolute atomic E-state index is 4.67. The van der Waals surface area contributed by atoms with Gasteiger partial charge in [0.1, 0.15) is 6.26 Å². The van der Waals surface area contributed by atoms with Crippen molar-refractivity contribution in [3.63, 3.8) is 0 Å². The molecule has 0 saturated carbocycles. The van der Waals surface area contributed by atoms with Crippen molar-refractivity contribution in [3.8, 4) is 0 Å². The second-order valence-electron chi connectivity index (χ2n) is 1.80. The zero-order chi connectivity index (χ0) is 6.69. The van der Waals surface area contributed by atoms with E-state index in [1.165, 1.54) is 0 Å². The van der Waals surface area contributed by atoms with Gasteiger partial charge in [0, 0.05) is 11.3 Å². The van der Waals surface area contributed by atoms with Gasteiger partial charge in [-0.05, 0) is 13.2 Å². The molecule has 0 aliphatic carbocycles. The second-order valence-corrected chi connectivity index (χ2v) is 2.98. The number of rotatable bonds is 2. The highest BCUT2D eigenvalue weighted by atomic mass is 32.2. The fraction of sp³-hybridized carbons (Fsp3) is 0.500. The molecule has 9 heavy (non-hydrogen) atoms. The molecule has 2 nitrogen and oxygen atoms in total. The summed E-state index contributed by atoms with van der Waals surface area (Å²) in [6.07, 6.45) is 3.65. The molecular weight excluding hydrogens is 134 g/mol. The summed E-state index contributed by atoms with van der Waals surface area (Å²) in [5, 5.41) is 4.24. The van der Waals surface area contributed by atoms with Crippen LogP contribution in [0.25, 0.3) is 0 Å². The summed E-state index contributed by atoms with van der Waals surface area (Å²) in [6.45, 7) is 2.10. The Hall–Kier alpha value is -0.440. The van der Waals surface area contributed by atoms with Crippen molar-refractivity contribution in [1.82, 2.24) is 5.16 Å².